The molecule has 0 heterocycles. The van der Waals surface area contributed by atoms with Crippen LogP contribution in [0.4, 0.5) is 10.1 Å². The van der Waals surface area contributed by atoms with Crippen molar-refractivity contribution in [1.29, 1.82) is 0 Å². The van der Waals surface area contributed by atoms with Crippen molar-refractivity contribution >= 4 is 38.9 Å². The highest BCUT2D eigenvalue weighted by Gasteiger charge is 2.52. The smallest absolute Gasteiger partial charge is 0.261 e. The summed E-state index contributed by atoms with van der Waals surface area (Å²) in [5.74, 6) is -0.339. The van der Waals surface area contributed by atoms with Gasteiger partial charge in [-0.25, -0.2) is 8.60 Å². The number of hydrogen-bond acceptors (Lipinski definition) is 4. The summed E-state index contributed by atoms with van der Waals surface area (Å²) < 4.78 is 32.3. The van der Waals surface area contributed by atoms with E-state index in [1.807, 2.05) is 91.0 Å². The molecule has 4 aromatic carbocycles. The van der Waals surface area contributed by atoms with Crippen molar-refractivity contribution in [2.75, 3.05) is 17.9 Å². The summed E-state index contributed by atoms with van der Waals surface area (Å²) in [4.78, 5) is 0. The summed E-state index contributed by atoms with van der Waals surface area (Å²) in [5, 5.41) is 6.70. The lowest BCUT2D eigenvalue weighted by Gasteiger charge is -2.23. The first-order chi connectivity index (χ1) is 16.4. The Hall–Kier alpha value is -3.34. The molecule has 0 spiro atoms. The Morgan fingerprint density at radius 3 is 1.68 bits per heavy atom. The molecule has 4 rings (SSSR count). The first kappa shape index (κ1) is 23.8. The van der Waals surface area contributed by atoms with Crippen molar-refractivity contribution < 1.29 is 8.60 Å². The Bertz CT molecular complexity index is 1340. The standard InChI is InChI=1S/C27H26FN3OPS/c1-34(2,32)31-33(25-14-8-4-9-15-25,26-16-10-5-11-17-26)27(22-18-20-23(28)21-19-22)30-29-24-12-6-3-7-13-24/h3-21,29H,1-2H3/q+1/b30-27-. The van der Waals surface area contributed by atoms with Gasteiger partial charge >= 0.3 is 0 Å². The molecule has 4 nitrogen and oxygen atoms in total. The molecule has 0 aliphatic carbocycles. The quantitative estimate of drug-likeness (QED) is 0.199. The highest BCUT2D eigenvalue weighted by atomic mass is 32.2. The zero-order valence-corrected chi connectivity index (χ0v) is 20.7. The minimum atomic E-state index is -2.89. The maximum Gasteiger partial charge on any atom is 0.261 e. The van der Waals surface area contributed by atoms with Crippen LogP contribution in [0, 0.1) is 5.82 Å². The summed E-state index contributed by atoms with van der Waals surface area (Å²) in [7, 11) is -5.47. The average Bonchev–Trinajstić information content (AvgIpc) is 2.85. The van der Waals surface area contributed by atoms with Gasteiger partial charge in [0.2, 0.25) is 5.45 Å². The van der Waals surface area contributed by atoms with E-state index in [-0.39, 0.29) is 5.82 Å². The fourth-order valence-corrected chi connectivity index (χ4v) is 9.80. The summed E-state index contributed by atoms with van der Waals surface area (Å²) in [6, 6.07) is 35.5. The Balaban J connectivity index is 2.09. The average molecular weight is 491 g/mol. The molecule has 0 radical (unpaired) electrons. The summed E-state index contributed by atoms with van der Waals surface area (Å²) in [6.07, 6.45) is 3.28. The molecule has 0 bridgehead atoms. The highest BCUT2D eigenvalue weighted by Crippen LogP contribution is 2.61. The molecule has 34 heavy (non-hydrogen) atoms. The Morgan fingerprint density at radius 2 is 1.21 bits per heavy atom. The van der Waals surface area contributed by atoms with E-state index in [9.17, 15) is 8.60 Å². The van der Waals surface area contributed by atoms with Gasteiger partial charge in [0.1, 0.15) is 16.4 Å². The molecule has 0 unspecified atom stereocenters. The van der Waals surface area contributed by atoms with Gasteiger partial charge in [0.05, 0.1) is 15.4 Å². The molecule has 0 atom stereocenters. The molecule has 172 valence electrons. The molecule has 0 saturated carbocycles. The van der Waals surface area contributed by atoms with Crippen LogP contribution in [0.2, 0.25) is 0 Å². The predicted octanol–water partition coefficient (Wildman–Crippen LogP) is 5.91. The zero-order valence-electron chi connectivity index (χ0n) is 19.0. The lowest BCUT2D eigenvalue weighted by molar-refractivity contribution is 0.628. The lowest BCUT2D eigenvalue weighted by atomic mass is 10.2. The monoisotopic (exact) mass is 490 g/mol. The maximum absolute atomic E-state index is 13.9. The number of hydrogen-bond donors (Lipinski definition) is 1. The lowest BCUT2D eigenvalue weighted by Crippen LogP contribution is -2.29. The van der Waals surface area contributed by atoms with Crippen molar-refractivity contribution in [3.8, 4) is 0 Å². The third-order valence-corrected chi connectivity index (χ3v) is 10.7. The second-order valence-electron chi connectivity index (χ2n) is 7.99. The van der Waals surface area contributed by atoms with E-state index in [2.05, 4.69) is 5.43 Å². The number of halogens is 1. The van der Waals surface area contributed by atoms with Crippen LogP contribution in [0.5, 0.6) is 0 Å². The van der Waals surface area contributed by atoms with Crippen molar-refractivity contribution in [3.05, 3.63) is 127 Å². The largest absolute Gasteiger partial charge is 0.275 e. The molecule has 7 heteroatoms. The molecule has 0 amide bonds. The molecule has 1 N–H and O–H groups in total. The van der Waals surface area contributed by atoms with Crippen molar-refractivity contribution in [3.63, 3.8) is 0 Å². The molecule has 4 aromatic rings. The Labute approximate surface area is 201 Å². The Morgan fingerprint density at radius 1 is 0.735 bits per heavy atom. The Kier molecular flexibility index (Phi) is 7.20. The maximum atomic E-state index is 13.9. The van der Waals surface area contributed by atoms with Gasteiger partial charge < -0.3 is 0 Å². The zero-order chi connectivity index (χ0) is 24.0. The van der Waals surface area contributed by atoms with Gasteiger partial charge in [-0.2, -0.15) is 0 Å². The molecule has 0 aliphatic heterocycles. The van der Waals surface area contributed by atoms with Crippen LogP contribution in [-0.4, -0.2) is 22.2 Å². The van der Waals surface area contributed by atoms with Crippen LogP contribution < -0.4 is 16.0 Å². The van der Waals surface area contributed by atoms with Crippen LogP contribution >= 0.6 is 7.41 Å². The highest BCUT2D eigenvalue weighted by molar-refractivity contribution is 8.08. The van der Waals surface area contributed by atoms with Crippen LogP contribution in [0.3, 0.4) is 0 Å². The number of hydrazone groups is 1. The fourth-order valence-electron chi connectivity index (χ4n) is 3.66. The number of nitrogens with zero attached hydrogens (tertiary/aromatic N) is 2. The van der Waals surface area contributed by atoms with Gasteiger partial charge in [0.15, 0.2) is 0 Å². The van der Waals surface area contributed by atoms with Gasteiger partial charge in [-0.3, -0.25) is 5.43 Å². The van der Waals surface area contributed by atoms with E-state index in [0.29, 0.717) is 11.0 Å². The number of benzene rings is 4. The van der Waals surface area contributed by atoms with Gasteiger partial charge in [-0.15, -0.1) is 5.10 Å². The summed E-state index contributed by atoms with van der Waals surface area (Å²) in [6.45, 7) is 0. The van der Waals surface area contributed by atoms with Crippen LogP contribution in [-0.2, 0) is 9.73 Å². The molecular formula is C27H26FN3OPS+. The minimum absolute atomic E-state index is 0.339. The third kappa shape index (κ3) is 5.41. The van der Waals surface area contributed by atoms with Gasteiger partial charge in [-0.05, 0) is 60.7 Å². The second-order valence-corrected chi connectivity index (χ2v) is 13.7. The molecular weight excluding hydrogens is 464 g/mol. The topological polar surface area (TPSA) is 53.8 Å². The molecule has 0 aliphatic rings. The van der Waals surface area contributed by atoms with Gasteiger partial charge in [-0.1, -0.05) is 58.7 Å². The first-order valence-corrected chi connectivity index (χ1v) is 14.8. The van der Waals surface area contributed by atoms with Gasteiger partial charge in [0.25, 0.3) is 7.41 Å². The van der Waals surface area contributed by atoms with Crippen LogP contribution in [0.25, 0.3) is 0 Å². The van der Waals surface area contributed by atoms with Gasteiger partial charge in [0, 0.05) is 18.1 Å². The first-order valence-electron chi connectivity index (χ1n) is 10.7. The van der Waals surface area contributed by atoms with E-state index >= 15 is 0 Å². The predicted molar refractivity (Wildman–Crippen MR) is 144 cm³/mol. The summed E-state index contributed by atoms with van der Waals surface area (Å²) >= 11 is 0. The molecule has 0 saturated heterocycles. The second kappa shape index (κ2) is 10.3. The van der Waals surface area contributed by atoms with E-state index in [1.165, 1.54) is 12.1 Å². The summed E-state index contributed by atoms with van der Waals surface area (Å²) in [5.41, 5.74) is 5.28. The number of nitrogens with one attached hydrogen (secondary N) is 1. The number of anilines is 1. The van der Waals surface area contributed by atoms with E-state index in [4.69, 9.17) is 9.23 Å². The van der Waals surface area contributed by atoms with E-state index in [0.717, 1.165) is 16.3 Å². The fraction of sp³-hybridized carbons (Fsp3) is 0.0741. The third-order valence-electron chi connectivity index (χ3n) is 5.05. The van der Waals surface area contributed by atoms with Crippen molar-refractivity contribution in [2.24, 2.45) is 9.23 Å². The van der Waals surface area contributed by atoms with E-state index in [1.54, 1.807) is 24.6 Å². The van der Waals surface area contributed by atoms with Crippen LogP contribution in [0.1, 0.15) is 5.56 Å². The molecule has 0 aromatic heterocycles. The number of para-hydroxylation sites is 1. The minimum Gasteiger partial charge on any atom is -0.275 e. The SMILES string of the molecule is CS(C)(=O)=N[P+](/C(=N\Nc1ccccc1)c1ccc(F)cc1)(c1ccccc1)c1ccccc1. The number of rotatable bonds is 7. The normalized spacial score (nSPS) is 12.3. The van der Waals surface area contributed by atoms with Crippen molar-refractivity contribution in [2.45, 2.75) is 0 Å². The van der Waals surface area contributed by atoms with E-state index < -0.39 is 17.1 Å². The molecule has 0 fully saturated rings. The van der Waals surface area contributed by atoms with Crippen LogP contribution in [0.15, 0.2) is 124 Å². The van der Waals surface area contributed by atoms with Crippen molar-refractivity contribution in [1.82, 2.24) is 0 Å².